The molecule has 2 aromatic rings. The molecule has 130 valence electrons. The van der Waals surface area contributed by atoms with E-state index in [2.05, 4.69) is 10.6 Å². The Hall–Kier alpha value is -1.57. The number of benzene rings is 1. The van der Waals surface area contributed by atoms with Gasteiger partial charge in [-0.1, -0.05) is 23.9 Å². The lowest BCUT2D eigenvalue weighted by Gasteiger charge is -2.29. The maximum atomic E-state index is 12.6. The lowest BCUT2D eigenvalue weighted by atomic mass is 10.3. The van der Waals surface area contributed by atoms with Crippen molar-refractivity contribution in [1.29, 1.82) is 0 Å². The summed E-state index contributed by atoms with van der Waals surface area (Å²) in [5, 5.41) is 0.684. The van der Waals surface area contributed by atoms with Crippen molar-refractivity contribution in [3.05, 3.63) is 24.3 Å². The van der Waals surface area contributed by atoms with Crippen molar-refractivity contribution in [3.63, 3.8) is 0 Å². The van der Waals surface area contributed by atoms with Crippen molar-refractivity contribution >= 4 is 28.7 Å². The number of hydrogen-bond donors (Lipinski definition) is 0. The zero-order valence-electron chi connectivity index (χ0n) is 14.1. The third-order valence-electron chi connectivity index (χ3n) is 4.09. The van der Waals surface area contributed by atoms with Crippen LogP contribution in [0.3, 0.4) is 0 Å². The Morgan fingerprint density at radius 1 is 1.38 bits per heavy atom. The zero-order chi connectivity index (χ0) is 16.9. The lowest BCUT2D eigenvalue weighted by molar-refractivity contribution is -0.134. The van der Waals surface area contributed by atoms with E-state index in [1.807, 2.05) is 30.0 Å². The van der Waals surface area contributed by atoms with Gasteiger partial charge in [-0.25, -0.2) is 4.98 Å². The second-order valence-corrected chi connectivity index (χ2v) is 7.03. The zero-order valence-corrected chi connectivity index (χ0v) is 14.9. The highest BCUT2D eigenvalue weighted by atomic mass is 32.2. The summed E-state index contributed by atoms with van der Waals surface area (Å²) in [5.74, 6) is 0.147. The summed E-state index contributed by atoms with van der Waals surface area (Å²) in [7, 11) is 1.69. The molecule has 0 N–H and O–H groups in total. The molecular formula is C17H23N3O3S. The summed E-state index contributed by atoms with van der Waals surface area (Å²) in [6, 6.07) is 8.03. The average molecular weight is 349 g/mol. The van der Waals surface area contributed by atoms with Crippen molar-refractivity contribution < 1.29 is 14.3 Å². The van der Waals surface area contributed by atoms with Crippen LogP contribution in [-0.2, 0) is 20.8 Å². The van der Waals surface area contributed by atoms with E-state index in [0.717, 1.165) is 22.7 Å². The molecule has 2 heterocycles. The van der Waals surface area contributed by atoms with Crippen molar-refractivity contribution in [2.75, 3.05) is 40.0 Å². The van der Waals surface area contributed by atoms with Crippen LogP contribution in [0.4, 0.5) is 0 Å². The van der Waals surface area contributed by atoms with Gasteiger partial charge in [0.2, 0.25) is 5.91 Å². The molecule has 0 saturated carbocycles. The van der Waals surface area contributed by atoms with E-state index in [1.54, 1.807) is 7.11 Å². The number of nitrogens with zero attached hydrogens (tertiary/aromatic N) is 3. The maximum Gasteiger partial charge on any atom is 0.236 e. The van der Waals surface area contributed by atoms with Gasteiger partial charge in [0.1, 0.15) is 0 Å². The molecular weight excluding hydrogens is 326 g/mol. The number of imidazole rings is 1. The van der Waals surface area contributed by atoms with Crippen LogP contribution in [-0.4, -0.2) is 65.6 Å². The van der Waals surface area contributed by atoms with Gasteiger partial charge in [0, 0.05) is 26.7 Å². The molecule has 3 rings (SSSR count). The number of fused-ring (bicyclic) bond motifs is 1. The minimum Gasteiger partial charge on any atom is -0.383 e. The van der Waals surface area contributed by atoms with Crippen molar-refractivity contribution in [2.24, 2.45) is 0 Å². The number of aromatic nitrogens is 2. The number of carbonyl (C=O) groups excluding carboxylic acids is 1. The van der Waals surface area contributed by atoms with Gasteiger partial charge in [-0.3, -0.25) is 4.79 Å². The first-order valence-electron chi connectivity index (χ1n) is 8.18. The van der Waals surface area contributed by atoms with Gasteiger partial charge < -0.3 is 18.9 Å². The van der Waals surface area contributed by atoms with Crippen LogP contribution >= 0.6 is 11.8 Å². The van der Waals surface area contributed by atoms with Crippen molar-refractivity contribution in [2.45, 2.75) is 23.9 Å². The molecule has 0 spiro atoms. The molecule has 1 amide bonds. The van der Waals surface area contributed by atoms with Gasteiger partial charge in [0.05, 0.1) is 36.1 Å². The Morgan fingerprint density at radius 3 is 2.88 bits per heavy atom. The highest BCUT2D eigenvalue weighted by molar-refractivity contribution is 8.00. The molecule has 1 aliphatic heterocycles. The van der Waals surface area contributed by atoms with Gasteiger partial charge in [-0.15, -0.1) is 0 Å². The van der Waals surface area contributed by atoms with Gasteiger partial charge in [-0.2, -0.15) is 0 Å². The van der Waals surface area contributed by atoms with Gasteiger partial charge in [-0.05, 0) is 19.1 Å². The molecule has 6 nitrogen and oxygen atoms in total. The van der Waals surface area contributed by atoms with E-state index in [9.17, 15) is 4.79 Å². The molecule has 1 aromatic heterocycles. The van der Waals surface area contributed by atoms with E-state index in [4.69, 9.17) is 14.5 Å². The minimum absolute atomic E-state index is 0.147. The fourth-order valence-electron chi connectivity index (χ4n) is 2.79. The van der Waals surface area contributed by atoms with Gasteiger partial charge in [0.15, 0.2) is 5.16 Å². The predicted octanol–water partition coefficient (Wildman–Crippen LogP) is 2.02. The first-order valence-corrected chi connectivity index (χ1v) is 9.06. The fraction of sp³-hybridized carbons (Fsp3) is 0.529. The summed E-state index contributed by atoms with van der Waals surface area (Å²) in [5.41, 5.74) is 2.02. The van der Waals surface area contributed by atoms with Gasteiger partial charge >= 0.3 is 0 Å². The second-order valence-electron chi connectivity index (χ2n) is 5.73. The fourth-order valence-corrected chi connectivity index (χ4v) is 3.83. The molecule has 1 unspecified atom stereocenters. The van der Waals surface area contributed by atoms with Crippen LogP contribution in [0.15, 0.2) is 29.4 Å². The summed E-state index contributed by atoms with van der Waals surface area (Å²) < 4.78 is 12.7. The average Bonchev–Trinajstić information content (AvgIpc) is 2.97. The summed E-state index contributed by atoms with van der Waals surface area (Å²) in [6.45, 7) is 5.86. The Kier molecular flexibility index (Phi) is 5.76. The predicted molar refractivity (Wildman–Crippen MR) is 94.3 cm³/mol. The molecule has 1 aromatic carbocycles. The number of morpholine rings is 1. The van der Waals surface area contributed by atoms with E-state index in [0.29, 0.717) is 32.9 Å². The third-order valence-corrected chi connectivity index (χ3v) is 5.17. The van der Waals surface area contributed by atoms with E-state index < -0.39 is 0 Å². The van der Waals surface area contributed by atoms with E-state index in [1.165, 1.54) is 11.8 Å². The van der Waals surface area contributed by atoms with Crippen LogP contribution < -0.4 is 0 Å². The first kappa shape index (κ1) is 17.3. The molecule has 1 aliphatic rings. The number of rotatable bonds is 6. The summed E-state index contributed by atoms with van der Waals surface area (Å²) >= 11 is 1.51. The largest absolute Gasteiger partial charge is 0.383 e. The van der Waals surface area contributed by atoms with Crippen molar-refractivity contribution in [3.8, 4) is 0 Å². The normalized spacial score (nSPS) is 16.5. The Bertz CT molecular complexity index is 697. The van der Waals surface area contributed by atoms with E-state index in [-0.39, 0.29) is 11.2 Å². The third kappa shape index (κ3) is 3.74. The Labute approximate surface area is 146 Å². The quantitative estimate of drug-likeness (QED) is 0.747. The van der Waals surface area contributed by atoms with Crippen LogP contribution in [0.5, 0.6) is 0 Å². The topological polar surface area (TPSA) is 56.6 Å². The Morgan fingerprint density at radius 2 is 2.12 bits per heavy atom. The number of thioether (sulfide) groups is 1. The van der Waals surface area contributed by atoms with Gasteiger partial charge in [0.25, 0.3) is 0 Å². The minimum atomic E-state index is -0.179. The molecule has 0 radical (unpaired) electrons. The molecule has 1 fully saturated rings. The number of hydrogen-bond acceptors (Lipinski definition) is 5. The van der Waals surface area contributed by atoms with Crippen LogP contribution in [0.25, 0.3) is 11.0 Å². The molecule has 7 heteroatoms. The lowest BCUT2D eigenvalue weighted by Crippen LogP contribution is -2.44. The number of amides is 1. The Balaban J connectivity index is 1.79. The number of carbonyl (C=O) groups is 1. The molecule has 24 heavy (non-hydrogen) atoms. The highest BCUT2D eigenvalue weighted by Gasteiger charge is 2.25. The smallest absolute Gasteiger partial charge is 0.236 e. The highest BCUT2D eigenvalue weighted by Crippen LogP contribution is 2.28. The number of methoxy groups -OCH3 is 1. The standard InChI is InChI=1S/C17H23N3O3S/c1-13(16(21)19-7-11-23-12-8-19)24-17-18-14-5-3-4-6-15(14)20(17)9-10-22-2/h3-6,13H,7-12H2,1-2H3. The summed E-state index contributed by atoms with van der Waals surface area (Å²) in [6.07, 6.45) is 0. The molecule has 0 bridgehead atoms. The molecule has 0 aliphatic carbocycles. The SMILES string of the molecule is COCCn1c(SC(C)C(=O)N2CCOCC2)nc2ccccc21. The molecule has 1 atom stereocenters. The molecule has 1 saturated heterocycles. The van der Waals surface area contributed by atoms with Crippen LogP contribution in [0.2, 0.25) is 0 Å². The number of para-hydroxylation sites is 2. The van der Waals surface area contributed by atoms with Crippen LogP contribution in [0.1, 0.15) is 6.92 Å². The first-order chi connectivity index (χ1) is 11.7. The van der Waals surface area contributed by atoms with Crippen molar-refractivity contribution in [1.82, 2.24) is 14.5 Å². The van der Waals surface area contributed by atoms with E-state index >= 15 is 0 Å². The monoisotopic (exact) mass is 349 g/mol. The van der Waals surface area contributed by atoms with Crippen LogP contribution in [0, 0.1) is 0 Å². The maximum absolute atomic E-state index is 12.6. The summed E-state index contributed by atoms with van der Waals surface area (Å²) in [4.78, 5) is 19.2. The number of ether oxygens (including phenoxy) is 2. The second kappa shape index (κ2) is 8.00.